The van der Waals surface area contributed by atoms with E-state index in [-0.39, 0.29) is 0 Å². The van der Waals surface area contributed by atoms with Gasteiger partial charge in [0.1, 0.15) is 0 Å². The summed E-state index contributed by atoms with van der Waals surface area (Å²) in [6, 6.07) is 14.3. The van der Waals surface area contributed by atoms with E-state index in [1.807, 2.05) is 0 Å². The minimum atomic E-state index is -1.24. The third kappa shape index (κ3) is 4.14. The Morgan fingerprint density at radius 2 is 1.63 bits per heavy atom. The van der Waals surface area contributed by atoms with Crippen LogP contribution in [-0.4, -0.2) is 8.07 Å². The Bertz CT molecular complexity index is 843. The molecule has 2 aromatic rings. The average Bonchev–Trinajstić information content (AvgIpc) is 3.03. The van der Waals surface area contributed by atoms with Crippen molar-refractivity contribution < 1.29 is 0 Å². The number of rotatable bonds is 4. The highest BCUT2D eigenvalue weighted by Crippen LogP contribution is 2.39. The Morgan fingerprint density at radius 3 is 2.30 bits per heavy atom. The molecule has 0 heterocycles. The van der Waals surface area contributed by atoms with Crippen LogP contribution >= 0.6 is 0 Å². The van der Waals surface area contributed by atoms with Crippen molar-refractivity contribution in [2.24, 2.45) is 5.92 Å². The van der Waals surface area contributed by atoms with Crippen LogP contribution in [0, 0.1) is 12.8 Å². The van der Waals surface area contributed by atoms with Crippen molar-refractivity contribution in [3.05, 3.63) is 58.7 Å². The van der Waals surface area contributed by atoms with Crippen LogP contribution in [-0.2, 0) is 6.42 Å². The van der Waals surface area contributed by atoms with Gasteiger partial charge >= 0.3 is 0 Å². The maximum Gasteiger partial charge on any atom is 0.0775 e. The quantitative estimate of drug-likeness (QED) is 0.500. The van der Waals surface area contributed by atoms with Gasteiger partial charge in [0.05, 0.1) is 8.07 Å². The van der Waals surface area contributed by atoms with Crippen LogP contribution in [0.2, 0.25) is 19.6 Å². The molecule has 1 heteroatoms. The minimum Gasteiger partial charge on any atom is -0.0656 e. The molecule has 4 rings (SSSR count). The van der Waals surface area contributed by atoms with Gasteiger partial charge in [-0.3, -0.25) is 0 Å². The first-order chi connectivity index (χ1) is 12.9. The van der Waals surface area contributed by atoms with Crippen molar-refractivity contribution in [2.75, 3.05) is 0 Å². The van der Waals surface area contributed by atoms with Crippen molar-refractivity contribution in [1.29, 1.82) is 0 Å². The van der Waals surface area contributed by atoms with Crippen LogP contribution in [0.4, 0.5) is 0 Å². The highest BCUT2D eigenvalue weighted by molar-refractivity contribution is 6.88. The van der Waals surface area contributed by atoms with Crippen LogP contribution in [0.15, 0.2) is 42.0 Å². The van der Waals surface area contributed by atoms with Gasteiger partial charge in [-0.25, -0.2) is 0 Å². The molecule has 0 N–H and O–H groups in total. The van der Waals surface area contributed by atoms with Crippen LogP contribution < -0.4 is 5.19 Å². The Balaban J connectivity index is 1.63. The molecule has 2 aliphatic rings. The van der Waals surface area contributed by atoms with Crippen molar-refractivity contribution in [2.45, 2.75) is 71.5 Å². The van der Waals surface area contributed by atoms with Gasteiger partial charge in [0.25, 0.3) is 0 Å². The zero-order valence-corrected chi connectivity index (χ0v) is 18.6. The largest absolute Gasteiger partial charge is 0.0775 e. The average molecular weight is 375 g/mol. The van der Waals surface area contributed by atoms with E-state index < -0.39 is 8.07 Å². The van der Waals surface area contributed by atoms with Crippen molar-refractivity contribution in [3.8, 4) is 11.1 Å². The Hall–Kier alpha value is -1.60. The first-order valence-electron chi connectivity index (χ1n) is 10.8. The summed E-state index contributed by atoms with van der Waals surface area (Å²) in [5.74, 6) is 0.930. The van der Waals surface area contributed by atoms with Gasteiger partial charge in [-0.05, 0) is 47.9 Å². The maximum atomic E-state index is 2.53. The fourth-order valence-electron chi connectivity index (χ4n) is 4.97. The highest BCUT2D eigenvalue weighted by atomic mass is 28.3. The molecular weight excluding hydrogens is 340 g/mol. The third-order valence-corrected chi connectivity index (χ3v) is 8.58. The molecule has 0 aliphatic heterocycles. The molecule has 0 bridgehead atoms. The first-order valence-corrected chi connectivity index (χ1v) is 14.3. The van der Waals surface area contributed by atoms with E-state index in [4.69, 9.17) is 0 Å². The maximum absolute atomic E-state index is 2.53. The van der Waals surface area contributed by atoms with Gasteiger partial charge in [-0.2, -0.15) is 0 Å². The van der Waals surface area contributed by atoms with Gasteiger partial charge < -0.3 is 0 Å². The smallest absolute Gasteiger partial charge is 0.0656 e. The van der Waals surface area contributed by atoms with Crippen molar-refractivity contribution in [1.82, 2.24) is 0 Å². The first kappa shape index (κ1) is 18.7. The number of hydrogen-bond acceptors (Lipinski definition) is 0. The summed E-state index contributed by atoms with van der Waals surface area (Å²) >= 11 is 0. The van der Waals surface area contributed by atoms with E-state index >= 15 is 0 Å². The van der Waals surface area contributed by atoms with Gasteiger partial charge in [-0.15, -0.1) is 0 Å². The molecule has 0 spiro atoms. The molecule has 2 aliphatic carbocycles. The molecule has 0 aromatic heterocycles. The van der Waals surface area contributed by atoms with Crippen molar-refractivity contribution >= 4 is 19.3 Å². The number of hydrogen-bond donors (Lipinski definition) is 0. The molecule has 1 fully saturated rings. The lowest BCUT2D eigenvalue weighted by Crippen LogP contribution is -2.37. The fourth-order valence-corrected chi connectivity index (χ4v) is 6.14. The van der Waals surface area contributed by atoms with E-state index in [2.05, 4.69) is 69.0 Å². The number of aryl methyl sites for hydroxylation is 1. The van der Waals surface area contributed by atoms with Gasteiger partial charge in [-0.1, -0.05) is 111 Å². The summed E-state index contributed by atoms with van der Waals surface area (Å²) in [6.45, 7) is 9.52. The summed E-state index contributed by atoms with van der Waals surface area (Å²) < 4.78 is 0. The van der Waals surface area contributed by atoms with Gasteiger partial charge in [0, 0.05) is 0 Å². The van der Waals surface area contributed by atoms with E-state index in [1.165, 1.54) is 67.2 Å². The standard InChI is InChI=1S/C26H34Si/c1-19-14-23-17-21(16-20-8-6-5-7-9-20)18-26(23)25(15-19)22-10-12-24(13-11-22)27(2,3)4/h10-15,18,20H,5-9,16-17H2,1-4H3. The summed E-state index contributed by atoms with van der Waals surface area (Å²) in [7, 11) is -1.24. The molecule has 0 saturated heterocycles. The zero-order valence-electron chi connectivity index (χ0n) is 17.6. The highest BCUT2D eigenvalue weighted by Gasteiger charge is 2.22. The molecule has 0 radical (unpaired) electrons. The molecule has 0 unspecified atom stereocenters. The Morgan fingerprint density at radius 1 is 0.926 bits per heavy atom. The minimum absolute atomic E-state index is 0.930. The van der Waals surface area contributed by atoms with E-state index in [1.54, 1.807) is 16.3 Å². The molecule has 0 atom stereocenters. The topological polar surface area (TPSA) is 0 Å². The second-order valence-corrected chi connectivity index (χ2v) is 15.0. The number of fused-ring (bicyclic) bond motifs is 1. The van der Waals surface area contributed by atoms with E-state index in [0.29, 0.717) is 0 Å². The Labute approximate surface area is 166 Å². The van der Waals surface area contributed by atoms with Crippen LogP contribution in [0.5, 0.6) is 0 Å². The lowest BCUT2D eigenvalue weighted by Gasteiger charge is -2.21. The fraction of sp³-hybridized carbons (Fsp3) is 0.462. The lowest BCUT2D eigenvalue weighted by atomic mass is 9.84. The Kier molecular flexibility index (Phi) is 5.16. The predicted octanol–water partition coefficient (Wildman–Crippen LogP) is 7.12. The molecular formula is C26H34Si. The molecule has 0 amide bonds. The van der Waals surface area contributed by atoms with Crippen LogP contribution in [0.25, 0.3) is 17.2 Å². The SMILES string of the molecule is Cc1cc2c(c(-c3ccc([Si](C)(C)C)cc3)c1)C=C(CC1CCCCC1)C2. The summed E-state index contributed by atoms with van der Waals surface area (Å²) in [4.78, 5) is 0. The second kappa shape index (κ2) is 7.43. The lowest BCUT2D eigenvalue weighted by molar-refractivity contribution is 0.355. The third-order valence-electron chi connectivity index (χ3n) is 6.51. The summed E-state index contributed by atoms with van der Waals surface area (Å²) in [5, 5.41) is 1.55. The predicted molar refractivity (Wildman–Crippen MR) is 122 cm³/mol. The van der Waals surface area contributed by atoms with E-state index in [9.17, 15) is 0 Å². The summed E-state index contributed by atoms with van der Waals surface area (Å²) in [6.07, 6.45) is 12.2. The zero-order chi connectivity index (χ0) is 19.0. The monoisotopic (exact) mass is 374 g/mol. The molecule has 1 saturated carbocycles. The van der Waals surface area contributed by atoms with Crippen LogP contribution in [0.1, 0.15) is 55.2 Å². The van der Waals surface area contributed by atoms with E-state index in [0.717, 1.165) is 5.92 Å². The normalized spacial score (nSPS) is 17.7. The van der Waals surface area contributed by atoms with Gasteiger partial charge in [0.15, 0.2) is 0 Å². The summed E-state index contributed by atoms with van der Waals surface area (Å²) in [5.41, 5.74) is 8.92. The second-order valence-electron chi connectivity index (χ2n) is 9.90. The van der Waals surface area contributed by atoms with Gasteiger partial charge in [0.2, 0.25) is 0 Å². The molecule has 27 heavy (non-hydrogen) atoms. The van der Waals surface area contributed by atoms with Crippen molar-refractivity contribution in [3.63, 3.8) is 0 Å². The number of benzene rings is 2. The molecule has 142 valence electrons. The van der Waals surface area contributed by atoms with Crippen LogP contribution in [0.3, 0.4) is 0 Å². The molecule has 2 aromatic carbocycles. The molecule has 0 nitrogen and oxygen atoms in total. The number of allylic oxidation sites excluding steroid dienone is 1.